The minimum Gasteiger partial charge on any atom is -0.348 e. The number of aromatic nitrogens is 1. The molecule has 7 nitrogen and oxygen atoms in total. The second kappa shape index (κ2) is 8.64. The molecule has 1 atom stereocenters. The number of H-pyrrole nitrogens is 1. The molecule has 2 heterocycles. The van der Waals surface area contributed by atoms with Gasteiger partial charge < -0.3 is 10.3 Å². The Balaban J connectivity index is 1.69. The highest BCUT2D eigenvalue weighted by Crippen LogP contribution is 2.26. The van der Waals surface area contributed by atoms with E-state index in [2.05, 4.69) is 10.3 Å². The van der Waals surface area contributed by atoms with Gasteiger partial charge in [-0.1, -0.05) is 37.3 Å². The largest absolute Gasteiger partial charge is 0.348 e. The molecule has 1 amide bonds. The maximum atomic E-state index is 13.2. The minimum atomic E-state index is -3.68. The van der Waals surface area contributed by atoms with E-state index in [1.54, 1.807) is 6.07 Å². The molecule has 0 spiro atoms. The lowest BCUT2D eigenvalue weighted by Gasteiger charge is -2.30. The summed E-state index contributed by atoms with van der Waals surface area (Å²) >= 11 is 0. The number of nitrogens with one attached hydrogen (secondary N) is 2. The van der Waals surface area contributed by atoms with E-state index in [0.29, 0.717) is 36.5 Å². The number of hydrogen-bond acceptors (Lipinski definition) is 4. The van der Waals surface area contributed by atoms with Gasteiger partial charge in [-0.15, -0.1) is 0 Å². The van der Waals surface area contributed by atoms with E-state index in [4.69, 9.17) is 0 Å². The van der Waals surface area contributed by atoms with Crippen LogP contribution in [0.5, 0.6) is 0 Å². The van der Waals surface area contributed by atoms with E-state index in [1.807, 2.05) is 37.3 Å². The van der Waals surface area contributed by atoms with Gasteiger partial charge in [0.15, 0.2) is 0 Å². The first-order chi connectivity index (χ1) is 14.8. The Morgan fingerprint density at radius 2 is 1.94 bits per heavy atom. The molecule has 4 rings (SSSR count). The van der Waals surface area contributed by atoms with Gasteiger partial charge in [0.1, 0.15) is 0 Å². The van der Waals surface area contributed by atoms with Crippen molar-refractivity contribution in [2.45, 2.75) is 31.2 Å². The molecule has 1 aromatic heterocycles. The lowest BCUT2D eigenvalue weighted by molar-refractivity contribution is 0.0952. The molecule has 0 bridgehead atoms. The monoisotopic (exact) mass is 439 g/mol. The Labute approximate surface area is 181 Å². The van der Waals surface area contributed by atoms with Crippen molar-refractivity contribution >= 4 is 26.8 Å². The molecular formula is C23H25N3O4S. The summed E-state index contributed by atoms with van der Waals surface area (Å²) in [6.45, 7) is 3.32. The number of pyridine rings is 1. The normalized spacial score (nSPS) is 17.5. The van der Waals surface area contributed by atoms with E-state index in [0.717, 1.165) is 18.4 Å². The van der Waals surface area contributed by atoms with E-state index < -0.39 is 21.5 Å². The van der Waals surface area contributed by atoms with Crippen molar-refractivity contribution < 1.29 is 13.2 Å². The molecule has 1 aliphatic heterocycles. The molecule has 0 unspecified atom stereocenters. The van der Waals surface area contributed by atoms with E-state index in [9.17, 15) is 18.0 Å². The number of aromatic amines is 1. The minimum absolute atomic E-state index is 0.123. The fourth-order valence-electron chi connectivity index (χ4n) is 3.97. The fourth-order valence-corrected chi connectivity index (χ4v) is 5.59. The lowest BCUT2D eigenvalue weighted by Crippen LogP contribution is -2.39. The van der Waals surface area contributed by atoms with Crippen molar-refractivity contribution in [1.29, 1.82) is 0 Å². The Morgan fingerprint density at radius 3 is 2.68 bits per heavy atom. The smallest absolute Gasteiger partial charge is 0.252 e. The average Bonchev–Trinajstić information content (AvgIpc) is 2.77. The summed E-state index contributed by atoms with van der Waals surface area (Å²) in [6.07, 6.45) is 1.84. The molecule has 1 aliphatic rings. The molecule has 0 saturated carbocycles. The predicted octanol–water partition coefficient (Wildman–Crippen LogP) is 2.88. The summed E-state index contributed by atoms with van der Waals surface area (Å²) in [4.78, 5) is 27.8. The van der Waals surface area contributed by atoms with E-state index in [-0.39, 0.29) is 10.5 Å². The maximum absolute atomic E-state index is 13.2. The van der Waals surface area contributed by atoms with Crippen LogP contribution < -0.4 is 10.9 Å². The topological polar surface area (TPSA) is 99.3 Å². The van der Waals surface area contributed by atoms with E-state index >= 15 is 0 Å². The van der Waals surface area contributed by atoms with Crippen molar-refractivity contribution in [3.8, 4) is 0 Å². The van der Waals surface area contributed by atoms with Gasteiger partial charge in [0, 0.05) is 36.6 Å². The molecule has 31 heavy (non-hydrogen) atoms. The van der Waals surface area contributed by atoms with Crippen molar-refractivity contribution in [2.75, 3.05) is 13.1 Å². The molecular weight excluding hydrogens is 414 g/mol. The van der Waals surface area contributed by atoms with Gasteiger partial charge in [-0.3, -0.25) is 9.59 Å². The first-order valence-electron chi connectivity index (χ1n) is 10.3. The number of sulfonamides is 1. The maximum Gasteiger partial charge on any atom is 0.252 e. The van der Waals surface area contributed by atoms with E-state index in [1.165, 1.54) is 22.5 Å². The molecule has 8 heteroatoms. The number of amides is 1. The molecule has 2 N–H and O–H groups in total. The van der Waals surface area contributed by atoms with Crippen LogP contribution in [0.1, 0.15) is 35.7 Å². The Hall–Kier alpha value is -2.97. The number of hydrogen-bond donors (Lipinski definition) is 2. The van der Waals surface area contributed by atoms with Crippen LogP contribution in [0, 0.1) is 5.92 Å². The average molecular weight is 440 g/mol. The van der Waals surface area contributed by atoms with Gasteiger partial charge in [0.25, 0.3) is 5.91 Å². The fraction of sp³-hybridized carbons (Fsp3) is 0.304. The van der Waals surface area contributed by atoms with Gasteiger partial charge in [-0.25, -0.2) is 8.42 Å². The molecule has 0 aliphatic carbocycles. The third-order valence-corrected chi connectivity index (χ3v) is 7.47. The number of benzene rings is 2. The number of fused-ring (bicyclic) bond motifs is 1. The first-order valence-corrected chi connectivity index (χ1v) is 11.8. The highest BCUT2D eigenvalue weighted by molar-refractivity contribution is 7.89. The van der Waals surface area contributed by atoms with Crippen molar-refractivity contribution in [2.24, 2.45) is 5.92 Å². The lowest BCUT2D eigenvalue weighted by atomic mass is 10.0. The number of rotatable bonds is 5. The van der Waals surface area contributed by atoms with Crippen LogP contribution in [-0.4, -0.2) is 36.7 Å². The van der Waals surface area contributed by atoms with Crippen LogP contribution in [-0.2, 0) is 16.6 Å². The van der Waals surface area contributed by atoms with Gasteiger partial charge >= 0.3 is 0 Å². The van der Waals surface area contributed by atoms with Crippen LogP contribution in [0.15, 0.2) is 64.3 Å². The molecule has 0 radical (unpaired) electrons. The summed E-state index contributed by atoms with van der Waals surface area (Å²) in [6, 6.07) is 15.1. The quantitative estimate of drug-likeness (QED) is 0.639. The molecule has 162 valence electrons. The summed E-state index contributed by atoms with van der Waals surface area (Å²) in [5, 5.41) is 3.21. The molecule has 3 aromatic rings. The molecule has 1 saturated heterocycles. The summed E-state index contributed by atoms with van der Waals surface area (Å²) in [5.41, 5.74) is 1.08. The summed E-state index contributed by atoms with van der Waals surface area (Å²) in [7, 11) is -3.68. The van der Waals surface area contributed by atoms with Crippen molar-refractivity contribution in [1.82, 2.24) is 14.6 Å². The number of carbonyl (C=O) groups is 1. The van der Waals surface area contributed by atoms with Crippen molar-refractivity contribution in [3.05, 3.63) is 76.1 Å². The Morgan fingerprint density at radius 1 is 1.16 bits per heavy atom. The third-order valence-electron chi connectivity index (χ3n) is 5.61. The van der Waals surface area contributed by atoms with Gasteiger partial charge in [0.2, 0.25) is 15.6 Å². The number of carbonyl (C=O) groups excluding carboxylic acids is 1. The zero-order chi connectivity index (χ0) is 22.0. The number of piperidine rings is 1. The van der Waals surface area contributed by atoms with Crippen LogP contribution in [0.4, 0.5) is 0 Å². The highest BCUT2D eigenvalue weighted by Gasteiger charge is 2.29. The summed E-state index contributed by atoms with van der Waals surface area (Å²) < 4.78 is 27.9. The standard InChI is InChI=1S/C23H25N3O4S/c1-16-6-5-11-26(15-16)31(29,30)18-9-10-21-19(12-18)20(13-22(27)25-21)23(28)24-14-17-7-3-2-4-8-17/h2-4,7-10,12-13,16H,5-6,11,14-15H2,1H3,(H,24,28)(H,25,27)/t16-/m1/s1. The first kappa shape index (κ1) is 21.3. The molecule has 2 aromatic carbocycles. The van der Waals surface area contributed by atoms with Crippen LogP contribution in [0.2, 0.25) is 0 Å². The SMILES string of the molecule is C[C@@H]1CCCN(S(=O)(=O)c2ccc3[nH]c(=O)cc(C(=O)NCc4ccccc4)c3c2)C1. The third kappa shape index (κ3) is 4.55. The Kier molecular flexibility index (Phi) is 5.93. The second-order valence-corrected chi connectivity index (χ2v) is 9.97. The molecule has 1 fully saturated rings. The Bertz CT molecular complexity index is 1270. The van der Waals surface area contributed by atoms with Crippen LogP contribution in [0.25, 0.3) is 10.9 Å². The summed E-state index contributed by atoms with van der Waals surface area (Å²) in [5.74, 6) is -0.124. The predicted molar refractivity (Wildman–Crippen MR) is 119 cm³/mol. The zero-order valence-corrected chi connectivity index (χ0v) is 18.1. The van der Waals surface area contributed by atoms with Crippen LogP contribution in [0.3, 0.4) is 0 Å². The highest BCUT2D eigenvalue weighted by atomic mass is 32.2. The second-order valence-electron chi connectivity index (χ2n) is 8.03. The number of nitrogens with zero attached hydrogens (tertiary/aromatic N) is 1. The zero-order valence-electron chi connectivity index (χ0n) is 17.3. The van der Waals surface area contributed by atoms with Gasteiger partial charge in [-0.2, -0.15) is 4.31 Å². The van der Waals surface area contributed by atoms with Crippen molar-refractivity contribution in [3.63, 3.8) is 0 Å². The van der Waals surface area contributed by atoms with Gasteiger partial charge in [0.05, 0.1) is 10.5 Å². The van der Waals surface area contributed by atoms with Gasteiger partial charge in [-0.05, 0) is 42.5 Å². The van der Waals surface area contributed by atoms with Crippen LogP contribution >= 0.6 is 0 Å².